The lowest BCUT2D eigenvalue weighted by atomic mass is 9.66. The molecule has 0 radical (unpaired) electrons. The largest absolute Gasteiger partial charge is 0.545 e. The lowest BCUT2D eigenvalue weighted by molar-refractivity contribution is -0.111. The molecule has 2 N–H and O–H groups in total. The molecule has 7 nitrogen and oxygen atoms in total. The number of anilines is 1. The third kappa shape index (κ3) is 4.30. The number of ketones is 1. The summed E-state index contributed by atoms with van der Waals surface area (Å²) < 4.78 is 13.1. The van der Waals surface area contributed by atoms with E-state index in [2.05, 4.69) is 31.2 Å². The number of allylic oxidation sites excluding steroid dienone is 3. The summed E-state index contributed by atoms with van der Waals surface area (Å²) in [5.41, 5.74) is 6.32. The molecule has 0 saturated heterocycles. The molecule has 7 aromatic rings. The number of fused-ring (bicyclic) bond motifs is 2. The maximum atomic E-state index is 14.7. The van der Waals surface area contributed by atoms with Gasteiger partial charge in [0.15, 0.2) is 0 Å². The number of carbonyl (C=O) groups is 1. The van der Waals surface area contributed by atoms with Gasteiger partial charge < -0.3 is 14.4 Å². The van der Waals surface area contributed by atoms with E-state index in [1.54, 1.807) is 6.07 Å². The number of Topliss-reactive ketones (excluding diaryl/α,β-unsaturated/α-hetero) is 1. The van der Waals surface area contributed by atoms with Gasteiger partial charge in [-0.1, -0.05) is 128 Å². The van der Waals surface area contributed by atoms with E-state index < -0.39 is 14.1 Å². The van der Waals surface area contributed by atoms with Crippen LogP contribution in [0.1, 0.15) is 23.6 Å². The number of hydrogen-bond acceptors (Lipinski definition) is 7. The Kier molecular flexibility index (Phi) is 6.58. The zero-order valence-electron chi connectivity index (χ0n) is 29.2. The first kappa shape index (κ1) is 31.0. The first-order chi connectivity index (χ1) is 26.5. The smallest absolute Gasteiger partial charge is 0.536 e. The highest BCUT2D eigenvalue weighted by atomic mass is 16.5. The zero-order chi connectivity index (χ0) is 36.2. The lowest BCUT2D eigenvalue weighted by Crippen LogP contribution is -2.54. The summed E-state index contributed by atoms with van der Waals surface area (Å²) in [6, 6.07) is 43.6. The Labute approximate surface area is 311 Å². The first-order valence-electron chi connectivity index (χ1n) is 18.2. The van der Waals surface area contributed by atoms with Crippen LogP contribution in [0.25, 0.3) is 37.9 Å². The molecular weight excluding hydrogens is 670 g/mol. The molecule has 2 aliphatic heterocycles. The molecule has 0 amide bonds. The summed E-state index contributed by atoms with van der Waals surface area (Å²) in [5.74, 6) is 0.784. The number of nitrogens with zero attached hydrogens (tertiary/aromatic N) is 2. The summed E-state index contributed by atoms with van der Waals surface area (Å²) in [5, 5.41) is 29.8. The molecule has 0 bridgehead atoms. The van der Waals surface area contributed by atoms with Crippen LogP contribution in [0.3, 0.4) is 0 Å². The Balaban J connectivity index is 1.09. The van der Waals surface area contributed by atoms with E-state index in [-0.39, 0.29) is 28.6 Å². The highest BCUT2D eigenvalue weighted by Gasteiger charge is 2.47. The van der Waals surface area contributed by atoms with Crippen molar-refractivity contribution in [3.05, 3.63) is 167 Å². The van der Waals surface area contributed by atoms with Gasteiger partial charge >= 0.3 is 14.1 Å². The second-order valence-corrected chi connectivity index (χ2v) is 14.5. The predicted molar refractivity (Wildman–Crippen MR) is 216 cm³/mol. The average Bonchev–Trinajstić information content (AvgIpc) is 3.20. The number of aliphatic hydroxyl groups is 1. The Morgan fingerprint density at radius 1 is 0.704 bits per heavy atom. The van der Waals surface area contributed by atoms with Crippen LogP contribution in [-0.2, 0) is 11.2 Å². The molecule has 2 heterocycles. The molecule has 1 atom stereocenters. The topological polar surface area (TPSA) is 91.6 Å². The Hall–Kier alpha value is -6.57. The fraction of sp³-hybridized carbons (Fsp3) is 0.0667. The van der Waals surface area contributed by atoms with E-state index in [1.807, 2.05) is 103 Å². The van der Waals surface area contributed by atoms with Crippen molar-refractivity contribution in [3.63, 3.8) is 0 Å². The molecule has 0 saturated carbocycles. The second kappa shape index (κ2) is 11.5. The van der Waals surface area contributed by atoms with Crippen LogP contribution in [-0.4, -0.2) is 35.9 Å². The first-order valence-corrected chi connectivity index (χ1v) is 18.2. The minimum atomic E-state index is -0.901. The summed E-state index contributed by atoms with van der Waals surface area (Å²) in [4.78, 5) is 21.0. The maximum absolute atomic E-state index is 14.7. The van der Waals surface area contributed by atoms with Crippen molar-refractivity contribution in [3.8, 4) is 11.5 Å². The molecule has 7 aromatic carbocycles. The van der Waals surface area contributed by atoms with Crippen molar-refractivity contribution in [1.29, 1.82) is 0 Å². The lowest BCUT2D eigenvalue weighted by Gasteiger charge is -2.37. The van der Waals surface area contributed by atoms with Gasteiger partial charge in [0.2, 0.25) is 5.78 Å². The van der Waals surface area contributed by atoms with Gasteiger partial charge in [-0.25, -0.2) is 0 Å². The Morgan fingerprint density at radius 3 is 2.13 bits per heavy atom. The van der Waals surface area contributed by atoms with Gasteiger partial charge in [0.1, 0.15) is 17.3 Å². The van der Waals surface area contributed by atoms with E-state index >= 15 is 0 Å². The van der Waals surface area contributed by atoms with Crippen molar-refractivity contribution < 1.29 is 24.4 Å². The van der Waals surface area contributed by atoms with Crippen LogP contribution >= 0.6 is 0 Å². The number of rotatable bonds is 3. The standard InChI is InChI=1S/C45H30B2N2O5/c1-25-24-29-15-9-20-35-38(29)42(48-46(53-35)33-18-6-12-26-10-2-4-16-30(26)33)37(25)41-44(50)40(45(41)51)32-23-22-28-14-8-21-36-39(28)43(32)49(52)47(54-36)34-19-7-13-27-11-3-5-17-31(27)34/h2-23,25,50,52H,24H2,1H3. The Morgan fingerprint density at radius 2 is 1.35 bits per heavy atom. The quantitative estimate of drug-likeness (QED) is 0.145. The fourth-order valence-corrected chi connectivity index (χ4v) is 8.99. The molecule has 0 fully saturated rings. The number of benzene rings is 7. The van der Waals surface area contributed by atoms with Crippen LogP contribution in [0.4, 0.5) is 5.69 Å². The van der Waals surface area contributed by atoms with Gasteiger partial charge in [-0.2, -0.15) is 0 Å². The molecule has 0 aromatic heterocycles. The average molecular weight is 700 g/mol. The number of hydrogen-bond donors (Lipinski definition) is 2. The molecule has 1 unspecified atom stereocenters. The summed E-state index contributed by atoms with van der Waals surface area (Å²) in [6.45, 7) is 2.08. The molecule has 54 heavy (non-hydrogen) atoms. The van der Waals surface area contributed by atoms with Crippen LogP contribution in [0, 0.1) is 5.92 Å². The van der Waals surface area contributed by atoms with Crippen LogP contribution in [0.2, 0.25) is 0 Å². The molecule has 256 valence electrons. The van der Waals surface area contributed by atoms with Gasteiger partial charge in [-0.3, -0.25) is 19.9 Å². The Bertz CT molecular complexity index is 2910. The summed E-state index contributed by atoms with van der Waals surface area (Å²) in [6.07, 6.45) is 0.665. The normalized spacial score (nSPS) is 18.8. The van der Waals surface area contributed by atoms with E-state index in [0.29, 0.717) is 45.8 Å². The van der Waals surface area contributed by atoms with Gasteiger partial charge in [0.25, 0.3) is 0 Å². The van der Waals surface area contributed by atoms with Crippen molar-refractivity contribution in [1.82, 2.24) is 0 Å². The monoisotopic (exact) mass is 700 g/mol. The van der Waals surface area contributed by atoms with Crippen LogP contribution < -0.4 is 25.2 Å². The molecule has 0 spiro atoms. The van der Waals surface area contributed by atoms with Crippen LogP contribution in [0.5, 0.6) is 11.5 Å². The second-order valence-electron chi connectivity index (χ2n) is 14.5. The third-order valence-corrected chi connectivity index (χ3v) is 11.4. The molecule has 9 heteroatoms. The van der Waals surface area contributed by atoms with Crippen molar-refractivity contribution in [2.75, 3.05) is 4.97 Å². The molecular formula is C45H30B2N2O5. The van der Waals surface area contributed by atoms with E-state index in [9.17, 15) is 15.1 Å². The van der Waals surface area contributed by atoms with Crippen molar-refractivity contribution >= 4 is 80.1 Å². The van der Waals surface area contributed by atoms with Crippen LogP contribution in [0.15, 0.2) is 155 Å². The van der Waals surface area contributed by atoms with E-state index in [4.69, 9.17) is 14.2 Å². The highest BCUT2D eigenvalue weighted by molar-refractivity contribution is 6.74. The minimum absolute atomic E-state index is 0.103. The number of carbonyl (C=O) groups excluding carboxylic acids is 1. The van der Waals surface area contributed by atoms with Gasteiger partial charge in [0, 0.05) is 16.5 Å². The molecule has 11 rings (SSSR count). The van der Waals surface area contributed by atoms with E-state index in [1.165, 1.54) is 0 Å². The van der Waals surface area contributed by atoms with Gasteiger partial charge in [-0.15, -0.1) is 0 Å². The predicted octanol–water partition coefficient (Wildman–Crippen LogP) is 7.75. The number of aliphatic hydroxyl groups excluding tert-OH is 1. The van der Waals surface area contributed by atoms with E-state index in [0.717, 1.165) is 54.0 Å². The van der Waals surface area contributed by atoms with Gasteiger partial charge in [-0.05, 0) is 73.5 Å². The SMILES string of the molecule is CC1Cc2cccc3c2C(=NB(c2cccc4ccccc24)O3)C1=C1C(=O)C(c2ccc3cccc4c3c2N(O)B(c2cccc3ccccc23)O4)=C1O. The van der Waals surface area contributed by atoms with Crippen molar-refractivity contribution in [2.24, 2.45) is 10.8 Å². The molecule has 4 aliphatic rings. The zero-order valence-corrected chi connectivity index (χ0v) is 29.2. The summed E-state index contributed by atoms with van der Waals surface area (Å²) >= 11 is 0. The fourth-order valence-electron chi connectivity index (χ4n) is 8.99. The summed E-state index contributed by atoms with van der Waals surface area (Å²) in [7, 11) is -1.55. The van der Waals surface area contributed by atoms with Gasteiger partial charge in [0.05, 0.1) is 22.5 Å². The minimum Gasteiger partial charge on any atom is -0.536 e. The maximum Gasteiger partial charge on any atom is 0.545 e. The molecule has 2 aliphatic carbocycles. The third-order valence-electron chi connectivity index (χ3n) is 11.4. The highest BCUT2D eigenvalue weighted by Crippen LogP contribution is 2.50. The van der Waals surface area contributed by atoms with Crippen molar-refractivity contribution in [2.45, 2.75) is 13.3 Å².